The van der Waals surface area contributed by atoms with Gasteiger partial charge in [0.2, 0.25) is 5.91 Å². The van der Waals surface area contributed by atoms with Gasteiger partial charge in [0.15, 0.2) is 0 Å². The van der Waals surface area contributed by atoms with Gasteiger partial charge in [-0.2, -0.15) is 0 Å². The van der Waals surface area contributed by atoms with Gasteiger partial charge in [0.25, 0.3) is 0 Å². The molecule has 0 aliphatic heterocycles. The van der Waals surface area contributed by atoms with E-state index >= 15 is 0 Å². The average molecular weight is 284 g/mol. The molecule has 3 rings (SSSR count). The molecule has 1 aliphatic carbocycles. The molecule has 0 radical (unpaired) electrons. The molecular formula is C18H24N2O. The summed E-state index contributed by atoms with van der Waals surface area (Å²) in [6, 6.07) is 8.62. The van der Waals surface area contributed by atoms with E-state index in [0.717, 1.165) is 30.7 Å². The topological polar surface area (TPSA) is 44.9 Å². The van der Waals surface area contributed by atoms with Crippen LogP contribution in [-0.4, -0.2) is 16.9 Å². The molecule has 0 saturated heterocycles. The van der Waals surface area contributed by atoms with Gasteiger partial charge >= 0.3 is 0 Å². The van der Waals surface area contributed by atoms with Gasteiger partial charge in [-0.25, -0.2) is 0 Å². The summed E-state index contributed by atoms with van der Waals surface area (Å²) in [5, 5.41) is 4.43. The lowest BCUT2D eigenvalue weighted by Gasteiger charge is -2.16. The van der Waals surface area contributed by atoms with Crippen molar-refractivity contribution in [3.63, 3.8) is 0 Å². The molecule has 1 fully saturated rings. The summed E-state index contributed by atoms with van der Waals surface area (Å²) in [6.45, 7) is 2.16. The second-order valence-corrected chi connectivity index (χ2v) is 6.21. The standard InChI is InChI=1S/C18H24N2O/c1-2-15(11-13-7-8-13)20-18(21)10-9-14-12-19-17-6-4-3-5-16(14)17/h3-6,12-13,15,19H,2,7-11H2,1H3,(H,20,21). The quantitative estimate of drug-likeness (QED) is 0.798. The number of para-hydroxylation sites is 1. The first-order valence-corrected chi connectivity index (χ1v) is 8.10. The number of rotatable bonds is 7. The van der Waals surface area contributed by atoms with Crippen molar-refractivity contribution < 1.29 is 4.79 Å². The summed E-state index contributed by atoms with van der Waals surface area (Å²) in [7, 11) is 0. The van der Waals surface area contributed by atoms with Gasteiger partial charge in [-0.15, -0.1) is 0 Å². The average Bonchev–Trinajstić information content (AvgIpc) is 3.22. The fourth-order valence-corrected chi connectivity index (χ4v) is 2.97. The molecule has 3 heteroatoms. The van der Waals surface area contributed by atoms with E-state index in [4.69, 9.17) is 0 Å². The Balaban J connectivity index is 1.52. The van der Waals surface area contributed by atoms with Crippen LogP contribution in [-0.2, 0) is 11.2 Å². The van der Waals surface area contributed by atoms with Gasteiger partial charge in [-0.05, 0) is 36.8 Å². The van der Waals surface area contributed by atoms with Crippen molar-refractivity contribution in [2.75, 3.05) is 0 Å². The molecule has 1 aromatic carbocycles. The van der Waals surface area contributed by atoms with Gasteiger partial charge in [-0.3, -0.25) is 4.79 Å². The molecule has 1 aliphatic rings. The number of aromatic nitrogens is 1. The number of carbonyl (C=O) groups is 1. The van der Waals surface area contributed by atoms with E-state index in [2.05, 4.69) is 29.4 Å². The van der Waals surface area contributed by atoms with E-state index in [-0.39, 0.29) is 5.91 Å². The minimum atomic E-state index is 0.188. The van der Waals surface area contributed by atoms with E-state index in [9.17, 15) is 4.79 Å². The van der Waals surface area contributed by atoms with Gasteiger partial charge in [0.05, 0.1) is 0 Å². The third-order valence-corrected chi connectivity index (χ3v) is 4.47. The van der Waals surface area contributed by atoms with E-state index in [1.165, 1.54) is 23.8 Å². The van der Waals surface area contributed by atoms with Crippen molar-refractivity contribution >= 4 is 16.8 Å². The fourth-order valence-electron chi connectivity index (χ4n) is 2.97. The number of hydrogen-bond donors (Lipinski definition) is 2. The number of aromatic amines is 1. The summed E-state index contributed by atoms with van der Waals surface area (Å²) >= 11 is 0. The Morgan fingerprint density at radius 3 is 2.95 bits per heavy atom. The molecule has 2 aromatic rings. The maximum Gasteiger partial charge on any atom is 0.220 e. The second-order valence-electron chi connectivity index (χ2n) is 6.21. The van der Waals surface area contributed by atoms with Crippen molar-refractivity contribution in [1.29, 1.82) is 0 Å². The van der Waals surface area contributed by atoms with Crippen LogP contribution in [0.4, 0.5) is 0 Å². The third-order valence-electron chi connectivity index (χ3n) is 4.47. The van der Waals surface area contributed by atoms with Crippen LogP contribution in [0.3, 0.4) is 0 Å². The van der Waals surface area contributed by atoms with E-state index in [1.807, 2.05) is 18.3 Å². The minimum Gasteiger partial charge on any atom is -0.361 e. The molecule has 1 aromatic heterocycles. The predicted molar refractivity (Wildman–Crippen MR) is 86.2 cm³/mol. The Morgan fingerprint density at radius 1 is 1.38 bits per heavy atom. The van der Waals surface area contributed by atoms with Crippen LogP contribution in [0, 0.1) is 5.92 Å². The van der Waals surface area contributed by atoms with Crippen LogP contribution in [0.2, 0.25) is 0 Å². The smallest absolute Gasteiger partial charge is 0.220 e. The lowest BCUT2D eigenvalue weighted by atomic mass is 10.1. The molecular weight excluding hydrogens is 260 g/mol. The highest BCUT2D eigenvalue weighted by Crippen LogP contribution is 2.34. The number of aryl methyl sites for hydroxylation is 1. The first-order chi connectivity index (χ1) is 10.3. The Bertz CT molecular complexity index is 612. The summed E-state index contributed by atoms with van der Waals surface area (Å²) in [4.78, 5) is 15.4. The first kappa shape index (κ1) is 14.2. The first-order valence-electron chi connectivity index (χ1n) is 8.10. The highest BCUT2D eigenvalue weighted by molar-refractivity contribution is 5.84. The second kappa shape index (κ2) is 6.33. The highest BCUT2D eigenvalue weighted by Gasteiger charge is 2.25. The maximum absolute atomic E-state index is 12.1. The summed E-state index contributed by atoms with van der Waals surface area (Å²) in [5.74, 6) is 1.05. The summed E-state index contributed by atoms with van der Waals surface area (Å²) in [5.41, 5.74) is 2.38. The lowest BCUT2D eigenvalue weighted by Crippen LogP contribution is -2.34. The molecule has 1 heterocycles. The molecule has 1 unspecified atom stereocenters. The molecule has 1 amide bonds. The van der Waals surface area contributed by atoms with Crippen molar-refractivity contribution in [1.82, 2.24) is 10.3 Å². The van der Waals surface area contributed by atoms with Crippen LogP contribution in [0.15, 0.2) is 30.5 Å². The Labute approximate surface area is 126 Å². The molecule has 0 spiro atoms. The molecule has 1 atom stereocenters. The zero-order chi connectivity index (χ0) is 14.7. The lowest BCUT2D eigenvalue weighted by molar-refractivity contribution is -0.121. The zero-order valence-electron chi connectivity index (χ0n) is 12.7. The Hall–Kier alpha value is -1.77. The van der Waals surface area contributed by atoms with Crippen LogP contribution >= 0.6 is 0 Å². The van der Waals surface area contributed by atoms with Gasteiger partial charge < -0.3 is 10.3 Å². The number of amides is 1. The number of benzene rings is 1. The Kier molecular flexibility index (Phi) is 4.28. The van der Waals surface area contributed by atoms with Crippen molar-refractivity contribution in [3.8, 4) is 0 Å². The van der Waals surface area contributed by atoms with Crippen molar-refractivity contribution in [2.45, 2.75) is 51.5 Å². The number of nitrogens with one attached hydrogen (secondary N) is 2. The number of carbonyl (C=O) groups excluding carboxylic acids is 1. The van der Waals surface area contributed by atoms with E-state index in [1.54, 1.807) is 0 Å². The number of fused-ring (bicyclic) bond motifs is 1. The van der Waals surface area contributed by atoms with Gasteiger partial charge in [0.1, 0.15) is 0 Å². The van der Waals surface area contributed by atoms with Crippen LogP contribution in [0.1, 0.15) is 44.6 Å². The summed E-state index contributed by atoms with van der Waals surface area (Å²) in [6.07, 6.45) is 8.30. The van der Waals surface area contributed by atoms with Gasteiger partial charge in [0, 0.05) is 29.6 Å². The van der Waals surface area contributed by atoms with Crippen LogP contribution in [0.25, 0.3) is 10.9 Å². The minimum absolute atomic E-state index is 0.188. The molecule has 0 bridgehead atoms. The van der Waals surface area contributed by atoms with Crippen molar-refractivity contribution in [3.05, 3.63) is 36.0 Å². The highest BCUT2D eigenvalue weighted by atomic mass is 16.1. The Morgan fingerprint density at radius 2 is 2.19 bits per heavy atom. The maximum atomic E-state index is 12.1. The molecule has 21 heavy (non-hydrogen) atoms. The number of H-pyrrole nitrogens is 1. The molecule has 3 nitrogen and oxygen atoms in total. The molecule has 112 valence electrons. The number of hydrogen-bond acceptors (Lipinski definition) is 1. The normalized spacial score (nSPS) is 16.0. The molecule has 1 saturated carbocycles. The third kappa shape index (κ3) is 3.66. The predicted octanol–water partition coefficient (Wildman–Crippen LogP) is 3.80. The van der Waals surface area contributed by atoms with Crippen LogP contribution in [0.5, 0.6) is 0 Å². The SMILES string of the molecule is CCC(CC1CC1)NC(=O)CCc1c[nH]c2ccccc12. The zero-order valence-corrected chi connectivity index (χ0v) is 12.7. The largest absolute Gasteiger partial charge is 0.361 e. The fraction of sp³-hybridized carbons (Fsp3) is 0.500. The van der Waals surface area contributed by atoms with E-state index < -0.39 is 0 Å². The summed E-state index contributed by atoms with van der Waals surface area (Å²) < 4.78 is 0. The van der Waals surface area contributed by atoms with Gasteiger partial charge in [-0.1, -0.05) is 38.0 Å². The molecule has 2 N–H and O–H groups in total. The van der Waals surface area contributed by atoms with E-state index in [0.29, 0.717) is 12.5 Å². The van der Waals surface area contributed by atoms with Crippen molar-refractivity contribution in [2.24, 2.45) is 5.92 Å². The van der Waals surface area contributed by atoms with Crippen LogP contribution < -0.4 is 5.32 Å². The monoisotopic (exact) mass is 284 g/mol.